The molecule has 3 aliphatic rings. The van der Waals surface area contributed by atoms with Crippen LogP contribution in [0.15, 0.2) is 82.4 Å². The molecule has 0 bridgehead atoms. The largest absolute Gasteiger partial charge is 0.380 e. The summed E-state index contributed by atoms with van der Waals surface area (Å²) in [5, 5.41) is 0.833. The van der Waals surface area contributed by atoms with Crippen LogP contribution in [0, 0.1) is 0 Å². The van der Waals surface area contributed by atoms with E-state index in [1.807, 2.05) is 0 Å². The number of rotatable bonds is 7. The second-order valence-corrected chi connectivity index (χ2v) is 14.1. The van der Waals surface area contributed by atoms with E-state index in [4.69, 9.17) is 19.4 Å². The van der Waals surface area contributed by atoms with Gasteiger partial charge in [0, 0.05) is 54.8 Å². The summed E-state index contributed by atoms with van der Waals surface area (Å²) < 4.78 is 14.0. The lowest BCUT2D eigenvalue weighted by molar-refractivity contribution is -0.0877. The van der Waals surface area contributed by atoms with E-state index < -0.39 is 5.60 Å². The summed E-state index contributed by atoms with van der Waals surface area (Å²) in [4.78, 5) is 15.0. The molecule has 1 spiro atoms. The maximum Gasteiger partial charge on any atom is 0.189 e. The molecule has 1 saturated heterocycles. The summed E-state index contributed by atoms with van der Waals surface area (Å²) in [6.45, 7) is 7.80. The van der Waals surface area contributed by atoms with Crippen molar-refractivity contribution in [1.29, 1.82) is 0 Å². The summed E-state index contributed by atoms with van der Waals surface area (Å²) >= 11 is 5.83. The Balaban J connectivity index is 1.30. The van der Waals surface area contributed by atoms with E-state index in [9.17, 15) is 0 Å². The van der Waals surface area contributed by atoms with E-state index in [-0.39, 0.29) is 0 Å². The van der Waals surface area contributed by atoms with Crippen LogP contribution in [0.3, 0.4) is 0 Å². The molecule has 8 heteroatoms. The molecule has 1 fully saturated rings. The highest BCUT2D eigenvalue weighted by molar-refractivity contribution is 9.10. The maximum absolute atomic E-state index is 7.10. The SMILES string of the molecule is CSc1nc2c(c(N3CCCOCC3)n1)COC1(CCC(C)c3ccc(N(Cc4ccccc4)Cc4ccccc4)c(Br)c31)C2. The molecule has 7 rings (SSSR count). The third-order valence-electron chi connectivity index (χ3n) is 9.60. The van der Waals surface area contributed by atoms with Crippen LogP contribution in [0.5, 0.6) is 0 Å². The second kappa shape index (κ2) is 13.4. The highest BCUT2D eigenvalue weighted by Crippen LogP contribution is 2.53. The number of hydrogen-bond donors (Lipinski definition) is 0. The van der Waals surface area contributed by atoms with Crippen molar-refractivity contribution in [2.24, 2.45) is 0 Å². The predicted octanol–water partition coefficient (Wildman–Crippen LogP) is 8.26. The predicted molar refractivity (Wildman–Crippen MR) is 186 cm³/mol. The molecule has 234 valence electrons. The van der Waals surface area contributed by atoms with E-state index in [0.29, 0.717) is 12.5 Å². The Kier molecular flexibility index (Phi) is 9.18. The van der Waals surface area contributed by atoms with E-state index in [2.05, 4.69) is 112 Å². The Morgan fingerprint density at radius 1 is 0.956 bits per heavy atom. The van der Waals surface area contributed by atoms with Gasteiger partial charge in [-0.25, -0.2) is 9.97 Å². The topological polar surface area (TPSA) is 50.7 Å². The number of halogens is 1. The Morgan fingerprint density at radius 3 is 2.40 bits per heavy atom. The standard InChI is InChI=1S/C37H41BrN4O2S/c1-26-16-17-37(22-31-30(25-44-37)35(40-36(39-31)45-2)41-18-9-20-43-21-19-41)33-29(26)14-15-32(34(33)38)42(23-27-10-5-3-6-11-27)24-28-12-7-4-8-13-28/h3-8,10-15,26H,9,16-25H2,1-2H3. The van der Waals surface area contributed by atoms with Crippen LogP contribution in [-0.2, 0) is 41.2 Å². The van der Waals surface area contributed by atoms with Crippen LogP contribution in [-0.4, -0.2) is 42.5 Å². The van der Waals surface area contributed by atoms with E-state index in [0.717, 1.165) is 91.8 Å². The zero-order valence-electron chi connectivity index (χ0n) is 26.2. The Morgan fingerprint density at radius 2 is 1.69 bits per heavy atom. The first-order chi connectivity index (χ1) is 22.0. The van der Waals surface area contributed by atoms with Crippen molar-refractivity contribution in [3.05, 3.63) is 111 Å². The van der Waals surface area contributed by atoms with Gasteiger partial charge in [0.15, 0.2) is 5.16 Å². The van der Waals surface area contributed by atoms with Crippen LogP contribution in [0.2, 0.25) is 0 Å². The molecule has 3 heterocycles. The first kappa shape index (κ1) is 30.7. The number of benzene rings is 3. The molecule has 2 atom stereocenters. The van der Waals surface area contributed by atoms with Gasteiger partial charge in [-0.2, -0.15) is 0 Å². The molecule has 4 aromatic rings. The highest BCUT2D eigenvalue weighted by Gasteiger charge is 2.46. The van der Waals surface area contributed by atoms with Crippen LogP contribution in [0.4, 0.5) is 11.5 Å². The second-order valence-electron chi connectivity index (χ2n) is 12.5. The number of thioether (sulfide) groups is 1. The zero-order chi connectivity index (χ0) is 30.8. The molecule has 0 radical (unpaired) electrons. The quantitative estimate of drug-likeness (QED) is 0.144. The smallest absolute Gasteiger partial charge is 0.189 e. The van der Waals surface area contributed by atoms with Gasteiger partial charge < -0.3 is 19.3 Å². The molecule has 3 aromatic carbocycles. The summed E-state index contributed by atoms with van der Waals surface area (Å²) in [5.74, 6) is 1.48. The van der Waals surface area contributed by atoms with Crippen LogP contribution >= 0.6 is 27.7 Å². The van der Waals surface area contributed by atoms with Crippen molar-refractivity contribution in [3.8, 4) is 0 Å². The van der Waals surface area contributed by atoms with Gasteiger partial charge in [0.25, 0.3) is 0 Å². The first-order valence-electron chi connectivity index (χ1n) is 16.1. The number of anilines is 2. The molecule has 2 aliphatic heterocycles. The molecule has 2 unspecified atom stereocenters. The third kappa shape index (κ3) is 6.27. The lowest BCUT2D eigenvalue weighted by atomic mass is 9.71. The maximum atomic E-state index is 7.10. The number of ether oxygens (including phenoxy) is 2. The van der Waals surface area contributed by atoms with Gasteiger partial charge in [-0.05, 0) is 70.1 Å². The van der Waals surface area contributed by atoms with Crippen LogP contribution < -0.4 is 9.80 Å². The van der Waals surface area contributed by atoms with Crippen molar-refractivity contribution in [2.45, 2.75) is 69.0 Å². The van der Waals surface area contributed by atoms with E-state index in [1.165, 1.54) is 27.9 Å². The van der Waals surface area contributed by atoms with Crippen molar-refractivity contribution < 1.29 is 9.47 Å². The molecule has 0 saturated carbocycles. The highest BCUT2D eigenvalue weighted by atomic mass is 79.9. The summed E-state index contributed by atoms with van der Waals surface area (Å²) in [6.07, 6.45) is 5.87. The normalized spacial score (nSPS) is 21.2. The molecule has 6 nitrogen and oxygen atoms in total. The number of aromatic nitrogens is 2. The molecule has 0 N–H and O–H groups in total. The zero-order valence-corrected chi connectivity index (χ0v) is 28.6. The summed E-state index contributed by atoms with van der Waals surface area (Å²) in [6, 6.07) is 26.2. The molecule has 1 aliphatic carbocycles. The fraction of sp³-hybridized carbons (Fsp3) is 0.405. The van der Waals surface area contributed by atoms with Gasteiger partial charge in [0.05, 0.1) is 24.6 Å². The average molecular weight is 686 g/mol. The molecule has 0 amide bonds. The lowest BCUT2D eigenvalue weighted by Crippen LogP contribution is -2.42. The monoisotopic (exact) mass is 684 g/mol. The lowest BCUT2D eigenvalue weighted by Gasteiger charge is -2.45. The third-order valence-corrected chi connectivity index (χ3v) is 10.9. The summed E-state index contributed by atoms with van der Waals surface area (Å²) in [7, 11) is 0. The van der Waals surface area contributed by atoms with E-state index >= 15 is 0 Å². The Hall–Kier alpha value is -2.91. The van der Waals surface area contributed by atoms with Gasteiger partial charge in [-0.15, -0.1) is 0 Å². The van der Waals surface area contributed by atoms with E-state index in [1.54, 1.807) is 11.8 Å². The number of fused-ring (bicyclic) bond motifs is 3. The van der Waals surface area contributed by atoms with Crippen molar-refractivity contribution in [2.75, 3.05) is 42.4 Å². The minimum atomic E-state index is -0.446. The number of hydrogen-bond acceptors (Lipinski definition) is 7. The van der Waals surface area contributed by atoms with Gasteiger partial charge in [-0.1, -0.05) is 85.4 Å². The molecular weight excluding hydrogens is 644 g/mol. The Bertz CT molecular complexity index is 1590. The van der Waals surface area contributed by atoms with Crippen LogP contribution in [0.25, 0.3) is 0 Å². The average Bonchev–Trinajstić information content (AvgIpc) is 3.36. The number of nitrogens with zero attached hydrogens (tertiary/aromatic N) is 4. The van der Waals surface area contributed by atoms with Gasteiger partial charge >= 0.3 is 0 Å². The molecular formula is C37H41BrN4O2S. The fourth-order valence-electron chi connectivity index (χ4n) is 7.21. The molecule has 45 heavy (non-hydrogen) atoms. The fourth-order valence-corrected chi connectivity index (χ4v) is 8.57. The molecule has 1 aromatic heterocycles. The van der Waals surface area contributed by atoms with Gasteiger partial charge in [-0.3, -0.25) is 0 Å². The Labute approximate surface area is 279 Å². The van der Waals surface area contributed by atoms with Crippen LogP contribution in [0.1, 0.15) is 65.6 Å². The minimum absolute atomic E-state index is 0.446. The van der Waals surface area contributed by atoms with Crippen molar-refractivity contribution in [3.63, 3.8) is 0 Å². The van der Waals surface area contributed by atoms with Crippen molar-refractivity contribution in [1.82, 2.24) is 9.97 Å². The first-order valence-corrected chi connectivity index (χ1v) is 18.1. The van der Waals surface area contributed by atoms with Gasteiger partial charge in [0.1, 0.15) is 11.4 Å². The van der Waals surface area contributed by atoms with Crippen molar-refractivity contribution >= 4 is 39.2 Å². The summed E-state index contributed by atoms with van der Waals surface area (Å²) in [5.41, 5.74) is 8.27. The minimum Gasteiger partial charge on any atom is -0.380 e. The van der Waals surface area contributed by atoms with Gasteiger partial charge in [0.2, 0.25) is 0 Å².